The Bertz CT molecular complexity index is 1120. The minimum absolute atomic E-state index is 0.0377. The van der Waals surface area contributed by atoms with Crippen LogP contribution < -0.4 is 0 Å². The molecular weight excluding hydrogens is 441 g/mol. The maximum atomic E-state index is 13.5. The van der Waals surface area contributed by atoms with Gasteiger partial charge in [0.15, 0.2) is 0 Å². The third kappa shape index (κ3) is 3.41. The first-order valence-electron chi connectivity index (χ1n) is 10.2. The number of rotatable bonds is 3. The molecule has 1 saturated carbocycles. The standard InChI is InChI=1S/C23H20Cl3N3O/c24-14-6-9-17(10-7-14)29-21-20(13-28(23(21)30)16-4-2-1-3-5-16)27-22(29)18-11-8-15(25)12-19(18)26/h6-12,16H,1-5,13H2. The van der Waals surface area contributed by atoms with E-state index >= 15 is 0 Å². The molecule has 1 aliphatic carbocycles. The molecule has 0 atom stereocenters. The molecule has 0 bridgehead atoms. The molecule has 4 nitrogen and oxygen atoms in total. The number of imidazole rings is 1. The summed E-state index contributed by atoms with van der Waals surface area (Å²) in [6, 6.07) is 13.0. The Morgan fingerprint density at radius 1 is 0.900 bits per heavy atom. The van der Waals surface area contributed by atoms with Gasteiger partial charge in [-0.05, 0) is 55.3 Å². The van der Waals surface area contributed by atoms with Crippen LogP contribution in [0, 0.1) is 0 Å². The van der Waals surface area contributed by atoms with E-state index in [2.05, 4.69) is 0 Å². The van der Waals surface area contributed by atoms with E-state index in [4.69, 9.17) is 39.8 Å². The first-order chi connectivity index (χ1) is 14.5. The van der Waals surface area contributed by atoms with Crippen molar-refractivity contribution in [3.05, 3.63) is 68.9 Å². The second kappa shape index (κ2) is 7.92. The van der Waals surface area contributed by atoms with Gasteiger partial charge in [-0.3, -0.25) is 9.36 Å². The number of hydrogen-bond donors (Lipinski definition) is 0. The summed E-state index contributed by atoms with van der Waals surface area (Å²) >= 11 is 18.7. The minimum atomic E-state index is 0.0377. The van der Waals surface area contributed by atoms with Crippen molar-refractivity contribution in [1.29, 1.82) is 0 Å². The van der Waals surface area contributed by atoms with Crippen molar-refractivity contribution in [3.8, 4) is 17.1 Å². The van der Waals surface area contributed by atoms with Crippen LogP contribution in [-0.2, 0) is 6.54 Å². The largest absolute Gasteiger partial charge is 0.328 e. The lowest BCUT2D eigenvalue weighted by molar-refractivity contribution is 0.0652. The number of carbonyl (C=O) groups excluding carboxylic acids is 1. The maximum absolute atomic E-state index is 13.5. The van der Waals surface area contributed by atoms with Crippen molar-refractivity contribution >= 4 is 40.7 Å². The van der Waals surface area contributed by atoms with E-state index in [1.807, 2.05) is 39.8 Å². The Balaban J connectivity index is 1.65. The first kappa shape index (κ1) is 19.9. The zero-order valence-electron chi connectivity index (χ0n) is 16.2. The lowest BCUT2D eigenvalue weighted by atomic mass is 9.94. The molecule has 1 aromatic heterocycles. The Kier molecular flexibility index (Phi) is 5.26. The second-order valence-corrected chi connectivity index (χ2v) is 9.17. The van der Waals surface area contributed by atoms with Crippen LogP contribution >= 0.6 is 34.8 Å². The normalized spacial score (nSPS) is 16.9. The van der Waals surface area contributed by atoms with Crippen molar-refractivity contribution < 1.29 is 4.79 Å². The molecular formula is C23H20Cl3N3O. The molecule has 3 aromatic rings. The summed E-state index contributed by atoms with van der Waals surface area (Å²) in [5.41, 5.74) is 2.97. The lowest BCUT2D eigenvalue weighted by Crippen LogP contribution is -2.37. The third-order valence-electron chi connectivity index (χ3n) is 6.01. The van der Waals surface area contributed by atoms with Crippen LogP contribution in [0.1, 0.15) is 48.3 Å². The number of halogens is 3. The molecule has 5 rings (SSSR count). The van der Waals surface area contributed by atoms with E-state index in [0.29, 0.717) is 39.2 Å². The van der Waals surface area contributed by atoms with Gasteiger partial charge in [0.2, 0.25) is 0 Å². The SMILES string of the molecule is O=C1c2c(nc(-c3ccc(Cl)cc3Cl)n2-c2ccc(Cl)cc2)CN1C1CCCCC1. The van der Waals surface area contributed by atoms with Crippen molar-refractivity contribution in [1.82, 2.24) is 14.5 Å². The summed E-state index contributed by atoms with van der Waals surface area (Å²) in [5, 5.41) is 1.69. The van der Waals surface area contributed by atoms with E-state index in [9.17, 15) is 4.79 Å². The molecule has 1 aliphatic heterocycles. The summed E-state index contributed by atoms with van der Waals surface area (Å²) in [4.78, 5) is 20.4. The predicted molar refractivity (Wildman–Crippen MR) is 121 cm³/mol. The van der Waals surface area contributed by atoms with Crippen LogP contribution in [-0.4, -0.2) is 26.4 Å². The van der Waals surface area contributed by atoms with Gasteiger partial charge < -0.3 is 4.90 Å². The van der Waals surface area contributed by atoms with Crippen LogP contribution in [0.15, 0.2) is 42.5 Å². The quantitative estimate of drug-likeness (QED) is 0.431. The maximum Gasteiger partial charge on any atom is 0.273 e. The van der Waals surface area contributed by atoms with Crippen LogP contribution in [0.4, 0.5) is 0 Å². The highest BCUT2D eigenvalue weighted by Gasteiger charge is 2.39. The monoisotopic (exact) mass is 459 g/mol. The predicted octanol–water partition coefficient (Wildman–Crippen LogP) is 6.79. The van der Waals surface area contributed by atoms with Crippen LogP contribution in [0.25, 0.3) is 17.1 Å². The van der Waals surface area contributed by atoms with Gasteiger partial charge >= 0.3 is 0 Å². The zero-order valence-corrected chi connectivity index (χ0v) is 18.5. The highest BCUT2D eigenvalue weighted by molar-refractivity contribution is 6.36. The van der Waals surface area contributed by atoms with E-state index in [1.165, 1.54) is 19.3 Å². The Morgan fingerprint density at radius 2 is 1.60 bits per heavy atom. The van der Waals surface area contributed by atoms with E-state index < -0.39 is 0 Å². The Labute approximate surface area is 190 Å². The third-order valence-corrected chi connectivity index (χ3v) is 6.81. The molecule has 2 aliphatic rings. The topological polar surface area (TPSA) is 38.1 Å². The molecule has 0 radical (unpaired) electrons. The van der Waals surface area contributed by atoms with Crippen molar-refractivity contribution in [2.45, 2.75) is 44.7 Å². The Hall–Kier alpha value is -2.01. The molecule has 0 unspecified atom stereocenters. The van der Waals surface area contributed by atoms with E-state index in [-0.39, 0.29) is 5.91 Å². The highest BCUT2D eigenvalue weighted by Crippen LogP contribution is 2.38. The molecule has 2 heterocycles. The first-order valence-corrected chi connectivity index (χ1v) is 11.3. The molecule has 154 valence electrons. The van der Waals surface area contributed by atoms with Crippen LogP contribution in [0.5, 0.6) is 0 Å². The lowest BCUT2D eigenvalue weighted by Gasteiger charge is -2.31. The summed E-state index contributed by atoms with van der Waals surface area (Å²) in [5.74, 6) is 0.677. The number of fused-ring (bicyclic) bond motifs is 1. The summed E-state index contributed by atoms with van der Waals surface area (Å²) < 4.78 is 1.91. The second-order valence-electron chi connectivity index (χ2n) is 7.89. The van der Waals surface area contributed by atoms with Crippen LogP contribution in [0.3, 0.4) is 0 Å². The number of amides is 1. The van der Waals surface area contributed by atoms with Gasteiger partial charge in [0.25, 0.3) is 5.91 Å². The van der Waals surface area contributed by atoms with Gasteiger partial charge in [-0.2, -0.15) is 0 Å². The van der Waals surface area contributed by atoms with Crippen LogP contribution in [0.2, 0.25) is 15.1 Å². The van der Waals surface area contributed by atoms with Crippen molar-refractivity contribution in [2.75, 3.05) is 0 Å². The summed E-state index contributed by atoms with van der Waals surface area (Å²) in [6.07, 6.45) is 5.73. The summed E-state index contributed by atoms with van der Waals surface area (Å²) in [7, 11) is 0. The molecule has 1 fully saturated rings. The van der Waals surface area contributed by atoms with E-state index in [1.54, 1.807) is 12.1 Å². The fraction of sp³-hybridized carbons (Fsp3) is 0.304. The average molecular weight is 461 g/mol. The van der Waals surface area contributed by atoms with Crippen molar-refractivity contribution in [2.24, 2.45) is 0 Å². The molecule has 7 heteroatoms. The highest BCUT2D eigenvalue weighted by atomic mass is 35.5. The smallest absolute Gasteiger partial charge is 0.273 e. The number of benzene rings is 2. The van der Waals surface area contributed by atoms with Gasteiger partial charge in [0.1, 0.15) is 11.5 Å². The number of nitrogens with zero attached hydrogens (tertiary/aromatic N) is 3. The van der Waals surface area contributed by atoms with Gasteiger partial charge in [0.05, 0.1) is 17.3 Å². The molecule has 0 spiro atoms. The molecule has 30 heavy (non-hydrogen) atoms. The zero-order chi connectivity index (χ0) is 20.8. The molecule has 0 saturated heterocycles. The number of aromatic nitrogens is 2. The minimum Gasteiger partial charge on any atom is -0.328 e. The number of carbonyl (C=O) groups is 1. The molecule has 1 amide bonds. The fourth-order valence-electron chi connectivity index (χ4n) is 4.54. The average Bonchev–Trinajstić information content (AvgIpc) is 3.26. The van der Waals surface area contributed by atoms with Gasteiger partial charge in [-0.25, -0.2) is 4.98 Å². The molecule has 2 aromatic carbocycles. The van der Waals surface area contributed by atoms with Gasteiger partial charge in [-0.1, -0.05) is 54.1 Å². The number of hydrogen-bond acceptors (Lipinski definition) is 2. The Morgan fingerprint density at radius 3 is 2.30 bits per heavy atom. The molecule has 0 N–H and O–H groups in total. The van der Waals surface area contributed by atoms with Gasteiger partial charge in [0, 0.05) is 27.3 Å². The van der Waals surface area contributed by atoms with Gasteiger partial charge in [-0.15, -0.1) is 0 Å². The summed E-state index contributed by atoms with van der Waals surface area (Å²) in [6.45, 7) is 0.539. The van der Waals surface area contributed by atoms with E-state index in [0.717, 1.165) is 29.8 Å². The fourth-order valence-corrected chi connectivity index (χ4v) is 5.16. The van der Waals surface area contributed by atoms with Crippen molar-refractivity contribution in [3.63, 3.8) is 0 Å².